The minimum Gasteiger partial charge on any atom is -0.468 e. The predicted molar refractivity (Wildman–Crippen MR) is 127 cm³/mol. The first-order valence-electron chi connectivity index (χ1n) is 12.0. The fourth-order valence-corrected chi connectivity index (χ4v) is 3.26. The van der Waals surface area contributed by atoms with Crippen molar-refractivity contribution in [3.8, 4) is 0 Å². The van der Waals surface area contributed by atoms with Gasteiger partial charge in [-0.1, -0.05) is 44.8 Å². The third-order valence-electron chi connectivity index (χ3n) is 5.34. The zero-order valence-corrected chi connectivity index (χ0v) is 20.4. The lowest BCUT2D eigenvalue weighted by molar-refractivity contribution is -0.140. The van der Waals surface area contributed by atoms with Crippen LogP contribution in [0.5, 0.6) is 0 Å². The van der Waals surface area contributed by atoms with Crippen molar-refractivity contribution in [3.05, 3.63) is 12.2 Å². The van der Waals surface area contributed by atoms with Crippen LogP contribution in [0.3, 0.4) is 0 Å². The van der Waals surface area contributed by atoms with Gasteiger partial charge in [-0.05, 0) is 51.4 Å². The first kappa shape index (κ1) is 29.4. The Morgan fingerprint density at radius 2 is 1.45 bits per heavy atom. The summed E-state index contributed by atoms with van der Waals surface area (Å²) in [6.45, 7) is 3.87. The molecule has 0 aliphatic heterocycles. The highest BCUT2D eigenvalue weighted by Crippen LogP contribution is 2.08. The van der Waals surface area contributed by atoms with Crippen LogP contribution in [0.25, 0.3) is 0 Å². The van der Waals surface area contributed by atoms with E-state index in [1.165, 1.54) is 20.0 Å². The van der Waals surface area contributed by atoms with Gasteiger partial charge in [0.05, 0.1) is 13.7 Å². The van der Waals surface area contributed by atoms with Crippen molar-refractivity contribution in [2.24, 2.45) is 0 Å². The zero-order chi connectivity index (χ0) is 23.3. The Labute approximate surface area is 190 Å². The molecule has 0 aromatic carbocycles. The first-order chi connectivity index (χ1) is 14.9. The lowest BCUT2D eigenvalue weighted by Gasteiger charge is -2.24. The molecule has 7 heteroatoms. The summed E-state index contributed by atoms with van der Waals surface area (Å²) >= 11 is 0. The summed E-state index contributed by atoms with van der Waals surface area (Å²) in [5.74, 6) is -0.364. The van der Waals surface area contributed by atoms with E-state index in [0.29, 0.717) is 6.42 Å². The molecule has 0 fully saturated rings. The second kappa shape index (κ2) is 20.3. The topological polar surface area (TPSA) is 82.1 Å². The Bertz CT molecular complexity index is 485. The van der Waals surface area contributed by atoms with Crippen molar-refractivity contribution in [1.82, 2.24) is 15.1 Å². The molecule has 0 aliphatic rings. The summed E-state index contributed by atoms with van der Waals surface area (Å²) in [6.07, 6.45) is 16.5. The molecule has 0 aromatic rings. The highest BCUT2D eigenvalue weighted by atomic mass is 16.5. The van der Waals surface area contributed by atoms with E-state index in [1.54, 1.807) is 0 Å². The Balaban J connectivity index is 3.55. The Morgan fingerprint density at radius 1 is 0.903 bits per heavy atom. The van der Waals surface area contributed by atoms with Gasteiger partial charge in [-0.15, -0.1) is 0 Å². The summed E-state index contributed by atoms with van der Waals surface area (Å²) in [5.41, 5.74) is 0. The molecule has 0 spiro atoms. The van der Waals surface area contributed by atoms with Gasteiger partial charge >= 0.3 is 12.0 Å². The molecule has 31 heavy (non-hydrogen) atoms. The summed E-state index contributed by atoms with van der Waals surface area (Å²) in [6, 6.07) is 0.124. The van der Waals surface area contributed by atoms with Crippen LogP contribution in [0.1, 0.15) is 84.0 Å². The van der Waals surface area contributed by atoms with Crippen LogP contribution in [0.2, 0.25) is 0 Å². The number of nitrogens with one attached hydrogen (secondary N) is 1. The molecule has 0 rings (SSSR count). The van der Waals surface area contributed by atoms with E-state index in [0.717, 1.165) is 70.9 Å². The minimum atomic E-state index is -0.644. The van der Waals surface area contributed by atoms with Crippen molar-refractivity contribution in [1.29, 1.82) is 0 Å². The maximum atomic E-state index is 12.3. The van der Waals surface area contributed by atoms with Crippen LogP contribution in [-0.4, -0.2) is 74.0 Å². The second-order valence-electron chi connectivity index (χ2n) is 8.26. The van der Waals surface area contributed by atoms with E-state index in [2.05, 4.69) is 29.1 Å². The van der Waals surface area contributed by atoms with Gasteiger partial charge in [-0.2, -0.15) is 0 Å². The molecule has 1 atom stereocenters. The number of hydrogen-bond donors (Lipinski definition) is 2. The average molecular weight is 442 g/mol. The molecule has 0 aliphatic carbocycles. The molecule has 0 saturated carbocycles. The number of hydrogen-bond acceptors (Lipinski definition) is 5. The standard InChI is InChI=1S/C24H47N3O4/c1-5-6-16-19-26(2)24(30)27(3)20-17-14-12-10-8-7-9-11-13-15-18-22(28)25-21-23(29)31-4/h8,10,22,25,28H,5-7,9,11-21H2,1-4H3/b10-8-. The predicted octanol–water partition coefficient (Wildman–Crippen LogP) is 4.31. The Hall–Kier alpha value is -1.60. The molecule has 0 aromatic heterocycles. The zero-order valence-electron chi connectivity index (χ0n) is 20.4. The van der Waals surface area contributed by atoms with Crippen molar-refractivity contribution in [2.45, 2.75) is 90.2 Å². The molecular formula is C24H47N3O4. The quantitative estimate of drug-likeness (QED) is 0.135. The number of ether oxygens (including phenoxy) is 1. The fraction of sp³-hybridized carbons (Fsp3) is 0.833. The largest absolute Gasteiger partial charge is 0.468 e. The van der Waals surface area contributed by atoms with Gasteiger partial charge in [0.2, 0.25) is 0 Å². The Kier molecular flexibility index (Phi) is 19.3. The first-order valence-corrected chi connectivity index (χ1v) is 12.0. The van der Waals surface area contributed by atoms with Gasteiger partial charge in [0, 0.05) is 27.2 Å². The van der Waals surface area contributed by atoms with E-state index in [1.807, 2.05) is 23.9 Å². The number of urea groups is 1. The average Bonchev–Trinajstić information content (AvgIpc) is 2.77. The van der Waals surface area contributed by atoms with Crippen LogP contribution in [0, 0.1) is 0 Å². The third kappa shape index (κ3) is 17.7. The highest BCUT2D eigenvalue weighted by Gasteiger charge is 2.12. The minimum absolute atomic E-state index is 0.0468. The SMILES string of the molecule is CCCCCN(C)C(=O)N(C)CCCC/C=C\CCCCCCC(O)NCC(=O)OC. The smallest absolute Gasteiger partial charge is 0.319 e. The number of aliphatic hydroxyl groups is 1. The van der Waals surface area contributed by atoms with Crippen LogP contribution >= 0.6 is 0 Å². The summed E-state index contributed by atoms with van der Waals surface area (Å²) < 4.78 is 4.52. The molecule has 0 saturated heterocycles. The number of unbranched alkanes of at least 4 members (excludes halogenated alkanes) is 8. The number of carbonyl (C=O) groups excluding carboxylic acids is 2. The van der Waals surface area contributed by atoms with Crippen molar-refractivity contribution in [2.75, 3.05) is 40.8 Å². The van der Waals surface area contributed by atoms with Gasteiger partial charge in [-0.3, -0.25) is 10.1 Å². The van der Waals surface area contributed by atoms with E-state index in [-0.39, 0.29) is 18.5 Å². The number of carbonyl (C=O) groups is 2. The number of esters is 1. The summed E-state index contributed by atoms with van der Waals surface area (Å²) in [5, 5.41) is 12.5. The molecule has 2 amide bonds. The molecule has 1 unspecified atom stereocenters. The molecule has 0 heterocycles. The van der Waals surface area contributed by atoms with E-state index >= 15 is 0 Å². The van der Waals surface area contributed by atoms with Crippen molar-refractivity contribution in [3.63, 3.8) is 0 Å². The highest BCUT2D eigenvalue weighted by molar-refractivity contribution is 5.73. The fourth-order valence-electron chi connectivity index (χ4n) is 3.26. The molecule has 0 radical (unpaired) electrons. The van der Waals surface area contributed by atoms with E-state index in [4.69, 9.17) is 0 Å². The molecule has 0 bridgehead atoms. The lowest BCUT2D eigenvalue weighted by atomic mass is 10.1. The van der Waals surface area contributed by atoms with Gasteiger partial charge in [-0.25, -0.2) is 4.79 Å². The van der Waals surface area contributed by atoms with Crippen LogP contribution in [0.15, 0.2) is 12.2 Å². The number of allylic oxidation sites excluding steroid dienone is 2. The number of nitrogens with zero attached hydrogens (tertiary/aromatic N) is 2. The summed E-state index contributed by atoms with van der Waals surface area (Å²) in [4.78, 5) is 26.9. The normalized spacial score (nSPS) is 12.2. The molecular weight excluding hydrogens is 394 g/mol. The second-order valence-corrected chi connectivity index (χ2v) is 8.26. The maximum absolute atomic E-state index is 12.3. The number of aliphatic hydroxyl groups excluding tert-OH is 1. The number of amides is 2. The third-order valence-corrected chi connectivity index (χ3v) is 5.34. The van der Waals surface area contributed by atoms with Crippen LogP contribution in [-0.2, 0) is 9.53 Å². The van der Waals surface area contributed by atoms with Crippen LogP contribution < -0.4 is 5.32 Å². The van der Waals surface area contributed by atoms with Crippen molar-refractivity contribution < 1.29 is 19.4 Å². The maximum Gasteiger partial charge on any atom is 0.319 e. The molecule has 2 N–H and O–H groups in total. The number of methoxy groups -OCH3 is 1. The van der Waals surface area contributed by atoms with E-state index < -0.39 is 6.23 Å². The van der Waals surface area contributed by atoms with Gasteiger partial charge in [0.15, 0.2) is 0 Å². The monoisotopic (exact) mass is 441 g/mol. The van der Waals surface area contributed by atoms with Crippen molar-refractivity contribution >= 4 is 12.0 Å². The van der Waals surface area contributed by atoms with Gasteiger partial charge in [0.1, 0.15) is 6.23 Å². The Morgan fingerprint density at radius 3 is 2.03 bits per heavy atom. The molecule has 7 nitrogen and oxygen atoms in total. The van der Waals surface area contributed by atoms with Gasteiger partial charge in [0.25, 0.3) is 0 Å². The van der Waals surface area contributed by atoms with Crippen LogP contribution in [0.4, 0.5) is 4.79 Å². The summed E-state index contributed by atoms with van der Waals surface area (Å²) in [7, 11) is 5.12. The van der Waals surface area contributed by atoms with E-state index in [9.17, 15) is 14.7 Å². The molecule has 182 valence electrons. The lowest BCUT2D eigenvalue weighted by Crippen LogP contribution is -2.39. The van der Waals surface area contributed by atoms with Gasteiger partial charge < -0.3 is 19.6 Å². The number of rotatable bonds is 19.